The Morgan fingerprint density at radius 2 is 1.76 bits per heavy atom. The summed E-state index contributed by atoms with van der Waals surface area (Å²) in [5.74, 6) is 1.01. The molecule has 1 heterocycles. The van der Waals surface area contributed by atoms with Gasteiger partial charge in [-0.05, 0) is 36.4 Å². The second kappa shape index (κ2) is 8.20. The number of carbonyl (C=O) groups is 1. The van der Waals surface area contributed by atoms with E-state index in [2.05, 4.69) is 15.6 Å². The van der Waals surface area contributed by atoms with Crippen LogP contribution in [0.25, 0.3) is 20.8 Å². The number of benzene rings is 3. The van der Waals surface area contributed by atoms with E-state index in [1.165, 1.54) is 7.11 Å². The maximum Gasteiger partial charge on any atom is 0.323 e. The molecule has 0 saturated carbocycles. The van der Waals surface area contributed by atoms with Crippen LogP contribution in [0.15, 0.2) is 66.7 Å². The topological polar surface area (TPSA) is 72.5 Å². The molecule has 0 fully saturated rings. The van der Waals surface area contributed by atoms with Crippen molar-refractivity contribution in [1.82, 2.24) is 4.98 Å². The van der Waals surface area contributed by atoms with Gasteiger partial charge in [-0.25, -0.2) is 9.78 Å². The average Bonchev–Trinajstić information content (AvgIpc) is 3.18. The van der Waals surface area contributed by atoms with Crippen LogP contribution in [0.1, 0.15) is 0 Å². The molecule has 0 aliphatic heterocycles. The number of methoxy groups -OCH3 is 2. The Morgan fingerprint density at radius 3 is 2.55 bits per heavy atom. The highest BCUT2D eigenvalue weighted by molar-refractivity contribution is 7.21. The Labute approximate surface area is 172 Å². The molecule has 146 valence electrons. The molecule has 0 spiro atoms. The van der Waals surface area contributed by atoms with E-state index < -0.39 is 0 Å². The van der Waals surface area contributed by atoms with Crippen LogP contribution in [-0.2, 0) is 0 Å². The molecule has 0 atom stereocenters. The number of hydrogen-bond acceptors (Lipinski definition) is 5. The van der Waals surface area contributed by atoms with Gasteiger partial charge in [-0.15, -0.1) is 11.3 Å². The van der Waals surface area contributed by atoms with Crippen molar-refractivity contribution in [2.24, 2.45) is 0 Å². The van der Waals surface area contributed by atoms with Crippen LogP contribution in [0.5, 0.6) is 11.5 Å². The van der Waals surface area contributed by atoms with Crippen molar-refractivity contribution < 1.29 is 14.3 Å². The SMILES string of the molecule is COc1cccc(NC(=O)Nc2cccc(-c3nc4ccccc4s3)c2)c1OC. The summed E-state index contributed by atoms with van der Waals surface area (Å²) >= 11 is 1.62. The number of rotatable bonds is 5. The quantitative estimate of drug-likeness (QED) is 0.452. The van der Waals surface area contributed by atoms with Crippen molar-refractivity contribution in [2.75, 3.05) is 24.9 Å². The molecule has 0 radical (unpaired) electrons. The molecule has 0 saturated heterocycles. The van der Waals surface area contributed by atoms with E-state index >= 15 is 0 Å². The molecular formula is C22H19N3O3S. The third kappa shape index (κ3) is 4.00. The number of carbonyl (C=O) groups excluding carboxylic acids is 1. The largest absolute Gasteiger partial charge is 0.493 e. The summed E-state index contributed by atoms with van der Waals surface area (Å²) < 4.78 is 11.7. The fourth-order valence-electron chi connectivity index (χ4n) is 3.00. The average molecular weight is 405 g/mol. The maximum absolute atomic E-state index is 12.5. The van der Waals surface area contributed by atoms with Crippen LogP contribution in [0.2, 0.25) is 0 Å². The lowest BCUT2D eigenvalue weighted by Crippen LogP contribution is -2.19. The van der Waals surface area contributed by atoms with E-state index in [0.29, 0.717) is 22.9 Å². The van der Waals surface area contributed by atoms with Crippen LogP contribution >= 0.6 is 11.3 Å². The second-order valence-corrected chi connectivity index (χ2v) is 7.22. The lowest BCUT2D eigenvalue weighted by atomic mass is 10.2. The summed E-state index contributed by atoms with van der Waals surface area (Å²) in [6, 6.07) is 20.5. The van der Waals surface area contributed by atoms with Gasteiger partial charge in [0.25, 0.3) is 0 Å². The number of nitrogens with zero attached hydrogens (tertiary/aromatic N) is 1. The minimum Gasteiger partial charge on any atom is -0.493 e. The maximum atomic E-state index is 12.5. The van der Waals surface area contributed by atoms with Gasteiger partial charge in [-0.3, -0.25) is 0 Å². The molecule has 3 aromatic carbocycles. The Morgan fingerprint density at radius 1 is 0.931 bits per heavy atom. The van der Waals surface area contributed by atoms with Crippen LogP contribution < -0.4 is 20.1 Å². The molecule has 4 rings (SSSR count). The predicted molar refractivity (Wildman–Crippen MR) is 117 cm³/mol. The first kappa shape index (κ1) is 18.8. The van der Waals surface area contributed by atoms with Gasteiger partial charge in [0.05, 0.1) is 30.1 Å². The Hall–Kier alpha value is -3.58. The van der Waals surface area contributed by atoms with Crippen molar-refractivity contribution >= 4 is 39.0 Å². The molecule has 0 aliphatic rings. The van der Waals surface area contributed by atoms with Gasteiger partial charge in [-0.1, -0.05) is 30.3 Å². The first-order valence-corrected chi connectivity index (χ1v) is 9.74. The molecule has 0 bridgehead atoms. The first-order valence-electron chi connectivity index (χ1n) is 8.93. The van der Waals surface area contributed by atoms with Crippen LogP contribution in [0.3, 0.4) is 0 Å². The predicted octanol–water partition coefficient (Wildman–Crippen LogP) is 5.62. The number of thiazole rings is 1. The molecule has 2 amide bonds. The molecule has 6 nitrogen and oxygen atoms in total. The van der Waals surface area contributed by atoms with Gasteiger partial charge in [0.2, 0.25) is 0 Å². The summed E-state index contributed by atoms with van der Waals surface area (Å²) in [7, 11) is 3.08. The molecule has 0 unspecified atom stereocenters. The van der Waals surface area contributed by atoms with Gasteiger partial charge < -0.3 is 20.1 Å². The molecule has 1 aromatic heterocycles. The number of anilines is 2. The zero-order chi connectivity index (χ0) is 20.2. The Kier molecular flexibility index (Phi) is 5.31. The van der Waals surface area contributed by atoms with Gasteiger partial charge in [-0.2, -0.15) is 0 Å². The summed E-state index contributed by atoms with van der Waals surface area (Å²) in [6.07, 6.45) is 0. The number of nitrogens with one attached hydrogen (secondary N) is 2. The Balaban J connectivity index is 1.53. The fourth-order valence-corrected chi connectivity index (χ4v) is 3.96. The number of amides is 2. The van der Waals surface area contributed by atoms with E-state index in [0.717, 1.165) is 20.8 Å². The van der Waals surface area contributed by atoms with E-state index in [9.17, 15) is 4.79 Å². The van der Waals surface area contributed by atoms with Gasteiger partial charge in [0.1, 0.15) is 5.01 Å². The number of para-hydroxylation sites is 2. The minimum atomic E-state index is -0.377. The fraction of sp³-hybridized carbons (Fsp3) is 0.0909. The molecule has 7 heteroatoms. The summed E-state index contributed by atoms with van der Waals surface area (Å²) in [6.45, 7) is 0. The van der Waals surface area contributed by atoms with Crippen molar-refractivity contribution in [3.63, 3.8) is 0 Å². The molecular weight excluding hydrogens is 386 g/mol. The van der Waals surface area contributed by atoms with E-state index in [-0.39, 0.29) is 6.03 Å². The zero-order valence-electron chi connectivity index (χ0n) is 15.9. The number of ether oxygens (including phenoxy) is 2. The lowest BCUT2D eigenvalue weighted by Gasteiger charge is -2.14. The molecule has 0 aliphatic carbocycles. The van der Waals surface area contributed by atoms with E-state index in [1.807, 2.05) is 48.5 Å². The number of fused-ring (bicyclic) bond motifs is 1. The zero-order valence-corrected chi connectivity index (χ0v) is 16.7. The van der Waals surface area contributed by atoms with Gasteiger partial charge in [0, 0.05) is 11.3 Å². The molecule has 2 N–H and O–H groups in total. The normalized spacial score (nSPS) is 10.6. The summed E-state index contributed by atoms with van der Waals surface area (Å²) in [4.78, 5) is 17.2. The number of urea groups is 1. The molecule has 4 aromatic rings. The summed E-state index contributed by atoms with van der Waals surface area (Å²) in [5.41, 5.74) is 3.10. The number of aromatic nitrogens is 1. The van der Waals surface area contributed by atoms with Gasteiger partial charge >= 0.3 is 6.03 Å². The van der Waals surface area contributed by atoms with Crippen molar-refractivity contribution in [2.45, 2.75) is 0 Å². The smallest absolute Gasteiger partial charge is 0.323 e. The molecule has 29 heavy (non-hydrogen) atoms. The minimum absolute atomic E-state index is 0.377. The summed E-state index contributed by atoms with van der Waals surface area (Å²) in [5, 5.41) is 6.56. The van der Waals surface area contributed by atoms with Crippen LogP contribution in [0.4, 0.5) is 16.2 Å². The number of hydrogen-bond donors (Lipinski definition) is 2. The van der Waals surface area contributed by atoms with E-state index in [4.69, 9.17) is 9.47 Å². The van der Waals surface area contributed by atoms with Crippen molar-refractivity contribution in [3.05, 3.63) is 66.7 Å². The monoisotopic (exact) mass is 405 g/mol. The van der Waals surface area contributed by atoms with Crippen LogP contribution in [0, 0.1) is 0 Å². The first-order chi connectivity index (χ1) is 14.2. The second-order valence-electron chi connectivity index (χ2n) is 6.19. The van der Waals surface area contributed by atoms with Crippen molar-refractivity contribution in [3.8, 4) is 22.1 Å². The van der Waals surface area contributed by atoms with E-state index in [1.54, 1.807) is 36.6 Å². The van der Waals surface area contributed by atoms with Crippen LogP contribution in [-0.4, -0.2) is 25.2 Å². The van der Waals surface area contributed by atoms with Crippen molar-refractivity contribution in [1.29, 1.82) is 0 Å². The van der Waals surface area contributed by atoms with Gasteiger partial charge in [0.15, 0.2) is 11.5 Å². The standard InChI is InChI=1S/C22H19N3O3S/c1-27-18-11-6-10-17(20(18)28-2)25-22(26)23-15-8-5-7-14(13-15)21-24-16-9-3-4-12-19(16)29-21/h3-13H,1-2H3,(H2,23,25,26). The lowest BCUT2D eigenvalue weighted by molar-refractivity contribution is 0.262. The highest BCUT2D eigenvalue weighted by Crippen LogP contribution is 2.35. The highest BCUT2D eigenvalue weighted by atomic mass is 32.1. The Bertz CT molecular complexity index is 1140. The third-order valence-corrected chi connectivity index (χ3v) is 5.40. The highest BCUT2D eigenvalue weighted by Gasteiger charge is 2.13. The third-order valence-electron chi connectivity index (χ3n) is 4.31.